The average molecular weight is 176 g/mol. The van der Waals surface area contributed by atoms with E-state index in [9.17, 15) is 13.6 Å². The summed E-state index contributed by atoms with van der Waals surface area (Å²) in [5, 5.41) is 18.5. The van der Waals surface area contributed by atoms with Gasteiger partial charge in [0.25, 0.3) is 0 Å². The van der Waals surface area contributed by atoms with Gasteiger partial charge < -0.3 is 22.7 Å². The maximum Gasteiger partial charge on any atom is 0.546 e. The van der Waals surface area contributed by atoms with Crippen LogP contribution < -0.4 is 12.3 Å². The molecule has 64 valence electrons. The fourth-order valence-corrected chi connectivity index (χ4v) is 0.138. The van der Waals surface area contributed by atoms with Crippen LogP contribution in [-0.2, 0) is 10.3 Å². The third-order valence-electron chi connectivity index (χ3n) is 0.270. The Bertz CT molecular complexity index is 190. The van der Waals surface area contributed by atoms with Crippen molar-refractivity contribution in [2.45, 2.75) is 0 Å². The molecule has 0 aliphatic rings. The Kier molecular flexibility index (Phi) is 7.79. The van der Waals surface area contributed by atoms with Crippen molar-refractivity contribution in [2.24, 2.45) is 5.28 Å². The Morgan fingerprint density at radius 2 is 1.70 bits per heavy atom. The molecule has 10 heteroatoms. The van der Waals surface area contributed by atoms with Gasteiger partial charge in [-0.15, -0.1) is 8.42 Å². The van der Waals surface area contributed by atoms with Crippen molar-refractivity contribution < 1.29 is 22.4 Å². The highest BCUT2D eigenvalue weighted by atomic mass is 32.2. The van der Waals surface area contributed by atoms with Crippen LogP contribution in [0.5, 0.6) is 0 Å². The predicted molar refractivity (Wildman–Crippen MR) is 29.4 cm³/mol. The molecule has 0 aliphatic heterocycles. The zero-order valence-corrected chi connectivity index (χ0v) is 5.65. The van der Waals surface area contributed by atoms with E-state index in [0.29, 0.717) is 0 Å². The van der Waals surface area contributed by atoms with Gasteiger partial charge in [-0.2, -0.15) is 0 Å². The van der Waals surface area contributed by atoms with E-state index in [0.717, 1.165) is 0 Å². The van der Waals surface area contributed by atoms with Crippen LogP contribution in [0.1, 0.15) is 0 Å². The molecule has 0 aromatic carbocycles. The van der Waals surface area contributed by atoms with E-state index in [1.54, 1.807) is 5.28 Å². The third kappa shape index (κ3) is 5.17. The minimum absolute atomic E-state index is 0. The molecule has 10 heavy (non-hydrogen) atoms. The summed E-state index contributed by atoms with van der Waals surface area (Å²) in [6, 6.07) is 0. The lowest BCUT2D eigenvalue weighted by Crippen LogP contribution is -2.10. The molecule has 0 saturated heterocycles. The van der Waals surface area contributed by atoms with E-state index in [-0.39, 0.29) is 12.3 Å². The fourth-order valence-electron chi connectivity index (χ4n) is 0.0461. The van der Waals surface area contributed by atoms with Crippen LogP contribution in [-0.4, -0.2) is 22.4 Å². The molecule has 9 nitrogen and oxygen atoms in total. The van der Waals surface area contributed by atoms with E-state index >= 15 is 0 Å². The SMILES string of the molecule is N.N.O=S(=O)(O)/[N+]([O-])=N/O. The van der Waals surface area contributed by atoms with E-state index in [1.165, 1.54) is 0 Å². The van der Waals surface area contributed by atoms with Gasteiger partial charge in [0, 0.05) is 0 Å². The van der Waals surface area contributed by atoms with Crippen molar-refractivity contribution in [2.75, 3.05) is 0 Å². The summed E-state index contributed by atoms with van der Waals surface area (Å²) >= 11 is 0. The highest BCUT2D eigenvalue weighted by molar-refractivity contribution is 7.79. The molecule has 0 atom stereocenters. The molecule has 0 bridgehead atoms. The molecule has 0 heterocycles. The molecular weight excluding hydrogens is 168 g/mol. The summed E-state index contributed by atoms with van der Waals surface area (Å²) in [5.41, 5.74) is 0. The topological polar surface area (TPSA) is 183 Å². The Labute approximate surface area is 56.6 Å². The maximum absolute atomic E-state index is 9.50. The van der Waals surface area contributed by atoms with Crippen LogP contribution >= 0.6 is 0 Å². The van der Waals surface area contributed by atoms with Gasteiger partial charge in [-0.1, -0.05) is 0 Å². The van der Waals surface area contributed by atoms with Crippen LogP contribution in [0.15, 0.2) is 5.28 Å². The van der Waals surface area contributed by atoms with Gasteiger partial charge in [0.2, 0.25) is 5.28 Å². The van der Waals surface area contributed by atoms with Crippen LogP contribution in [0.2, 0.25) is 0 Å². The Morgan fingerprint density at radius 1 is 1.40 bits per heavy atom. The molecule has 0 aromatic rings. The van der Waals surface area contributed by atoms with Crippen molar-refractivity contribution >= 4 is 10.3 Å². The van der Waals surface area contributed by atoms with E-state index in [2.05, 4.69) is 0 Å². The number of hydrogen-bond donors (Lipinski definition) is 4. The van der Waals surface area contributed by atoms with Gasteiger partial charge in [-0.05, 0) is 0 Å². The monoisotopic (exact) mass is 176 g/mol. The highest BCUT2D eigenvalue weighted by Gasteiger charge is 2.15. The first kappa shape index (κ1) is 16.0. The maximum atomic E-state index is 9.50. The smallest absolute Gasteiger partial charge is 0.546 e. The molecule has 0 spiro atoms. The van der Waals surface area contributed by atoms with Gasteiger partial charge >= 0.3 is 10.3 Å². The van der Waals surface area contributed by atoms with Gasteiger partial charge in [-0.25, -0.2) is 4.55 Å². The molecule has 0 rings (SSSR count). The fraction of sp³-hybridized carbons (Fsp3) is 0. The molecule has 0 unspecified atom stereocenters. The average Bonchev–Trinajstić information content (AvgIpc) is 1.62. The molecule has 0 aromatic heterocycles. The van der Waals surface area contributed by atoms with Crippen LogP contribution in [0.3, 0.4) is 0 Å². The lowest BCUT2D eigenvalue weighted by molar-refractivity contribution is -0.412. The Hall–Kier alpha value is -0.970. The first-order chi connectivity index (χ1) is 3.48. The normalized spacial score (nSPS) is 11.1. The van der Waals surface area contributed by atoms with Crippen molar-refractivity contribution in [3.05, 3.63) is 5.21 Å². The van der Waals surface area contributed by atoms with Crippen LogP contribution in [0.25, 0.3) is 0 Å². The second-order valence-electron chi connectivity index (χ2n) is 0.775. The van der Waals surface area contributed by atoms with Crippen LogP contribution in [0, 0.1) is 5.21 Å². The summed E-state index contributed by atoms with van der Waals surface area (Å²) in [6.07, 6.45) is 0. The quantitative estimate of drug-likeness (QED) is 0.179. The zero-order valence-electron chi connectivity index (χ0n) is 4.84. The third-order valence-corrected chi connectivity index (χ3v) is 0.738. The highest BCUT2D eigenvalue weighted by Crippen LogP contribution is 1.81. The summed E-state index contributed by atoms with van der Waals surface area (Å²) in [6.45, 7) is 0. The van der Waals surface area contributed by atoms with E-state index in [1.807, 2.05) is 0 Å². The molecule has 8 N–H and O–H groups in total. The van der Waals surface area contributed by atoms with Crippen molar-refractivity contribution in [3.63, 3.8) is 0 Å². The minimum atomic E-state index is -4.89. The van der Waals surface area contributed by atoms with Crippen molar-refractivity contribution in [1.29, 1.82) is 0 Å². The molecule has 0 radical (unpaired) electrons. The van der Waals surface area contributed by atoms with E-state index in [4.69, 9.17) is 9.76 Å². The molecule has 0 amide bonds. The lowest BCUT2D eigenvalue weighted by Gasteiger charge is -1.86. The van der Waals surface area contributed by atoms with Gasteiger partial charge in [0.05, 0.1) is 4.27 Å². The number of nitrogens with zero attached hydrogens (tertiary/aromatic N) is 2. The first-order valence-corrected chi connectivity index (χ1v) is 2.68. The molecular formula is H8N4O5S. The van der Waals surface area contributed by atoms with Crippen molar-refractivity contribution in [1.82, 2.24) is 12.3 Å². The lowest BCUT2D eigenvalue weighted by atomic mass is 12.9. The van der Waals surface area contributed by atoms with Crippen molar-refractivity contribution in [3.8, 4) is 0 Å². The summed E-state index contributed by atoms with van der Waals surface area (Å²) in [5.74, 6) is 0. The molecule has 0 fully saturated rings. The largest absolute Gasteiger partial charge is 0.579 e. The van der Waals surface area contributed by atoms with E-state index < -0.39 is 14.6 Å². The standard InChI is InChI=1S/H2N2O5S.2H3N/c3-1-2(4)8(5,6)7;;/h3H,(H,5,6,7);2*1H3/b2-1+;;. The summed E-state index contributed by atoms with van der Waals surface area (Å²) in [7, 11) is -4.89. The zero-order chi connectivity index (χ0) is 6.78. The van der Waals surface area contributed by atoms with Gasteiger partial charge in [0.1, 0.15) is 0 Å². The van der Waals surface area contributed by atoms with Gasteiger partial charge in [0.15, 0.2) is 0 Å². The molecule has 0 saturated carbocycles. The predicted octanol–water partition coefficient (Wildman–Crippen LogP) is -0.535. The summed E-state index contributed by atoms with van der Waals surface area (Å²) < 4.78 is 25.3. The van der Waals surface area contributed by atoms with Crippen LogP contribution in [0.4, 0.5) is 0 Å². The van der Waals surface area contributed by atoms with Gasteiger partial charge in [-0.3, -0.25) is 0 Å². The minimum Gasteiger partial charge on any atom is -0.579 e. The second kappa shape index (κ2) is 4.87. The number of rotatable bonds is 1. The molecule has 0 aliphatic carbocycles. The summed E-state index contributed by atoms with van der Waals surface area (Å²) in [4.78, 5) is 0. The Balaban J connectivity index is -0.000000245. The number of hydrogen-bond acceptors (Lipinski definition) is 6. The second-order valence-corrected chi connectivity index (χ2v) is 1.98. The Morgan fingerprint density at radius 3 is 1.70 bits per heavy atom. The first-order valence-electron chi connectivity index (χ1n) is 1.28.